The molecule has 2 aromatic rings. The van der Waals surface area contributed by atoms with Crippen LogP contribution in [-0.2, 0) is 0 Å². The lowest BCUT2D eigenvalue weighted by atomic mass is 10.2. The Morgan fingerprint density at radius 2 is 2.20 bits per heavy atom. The molecule has 5 heteroatoms. The van der Waals surface area contributed by atoms with Crippen LogP contribution in [0.4, 0.5) is 4.39 Å². The van der Waals surface area contributed by atoms with Crippen molar-refractivity contribution in [2.75, 3.05) is 0 Å². The Morgan fingerprint density at radius 3 is 2.80 bits per heavy atom. The van der Waals surface area contributed by atoms with Gasteiger partial charge >= 0.3 is 0 Å². The number of nitrogens with zero attached hydrogens (tertiary/aromatic N) is 1. The number of hydrogen-bond donors (Lipinski definition) is 0. The van der Waals surface area contributed by atoms with Gasteiger partial charge in [-0.15, -0.1) is 11.3 Å². The maximum Gasteiger partial charge on any atom is 0.133 e. The average Bonchev–Trinajstić information content (AvgIpc) is 2.51. The molecule has 0 bridgehead atoms. The molecule has 1 nitrogen and oxygen atoms in total. The summed E-state index contributed by atoms with van der Waals surface area (Å²) >= 11 is 10.5. The zero-order chi connectivity index (χ0) is 11.0. The van der Waals surface area contributed by atoms with Gasteiger partial charge in [-0.25, -0.2) is 9.37 Å². The third kappa shape index (κ3) is 2.22. The molecule has 0 atom stereocenters. The van der Waals surface area contributed by atoms with Gasteiger partial charge in [0.1, 0.15) is 15.2 Å². The number of rotatable bonds is 1. The third-order valence-electron chi connectivity index (χ3n) is 1.90. The van der Waals surface area contributed by atoms with Crippen LogP contribution in [0.15, 0.2) is 22.7 Å². The van der Waals surface area contributed by atoms with Gasteiger partial charge in [0.15, 0.2) is 0 Å². The summed E-state index contributed by atoms with van der Waals surface area (Å²) in [6.07, 6.45) is 0. The van der Waals surface area contributed by atoms with Crippen LogP contribution in [0.1, 0.15) is 5.69 Å². The number of aryl methyl sites for hydroxylation is 1. The van der Waals surface area contributed by atoms with Crippen LogP contribution in [0, 0.1) is 12.7 Å². The molecule has 0 radical (unpaired) electrons. The van der Waals surface area contributed by atoms with Crippen LogP contribution in [0.25, 0.3) is 10.6 Å². The fourth-order valence-corrected chi connectivity index (χ4v) is 2.59. The summed E-state index contributed by atoms with van der Waals surface area (Å²) in [5, 5.41) is 0.608. The molecule has 1 aromatic carbocycles. The van der Waals surface area contributed by atoms with Gasteiger partial charge in [0.05, 0.1) is 5.69 Å². The van der Waals surface area contributed by atoms with E-state index in [1.165, 1.54) is 17.4 Å². The van der Waals surface area contributed by atoms with Gasteiger partial charge < -0.3 is 0 Å². The van der Waals surface area contributed by atoms with E-state index in [9.17, 15) is 4.39 Å². The van der Waals surface area contributed by atoms with Gasteiger partial charge in [0.25, 0.3) is 0 Å². The van der Waals surface area contributed by atoms with Crippen LogP contribution in [0.3, 0.4) is 0 Å². The van der Waals surface area contributed by atoms with Crippen molar-refractivity contribution in [3.8, 4) is 10.6 Å². The minimum atomic E-state index is -0.288. The first-order chi connectivity index (χ1) is 7.08. The Labute approximate surface area is 104 Å². The summed E-state index contributed by atoms with van der Waals surface area (Å²) in [5.41, 5.74) is 1.21. The molecule has 2 rings (SSSR count). The monoisotopic (exact) mass is 305 g/mol. The lowest BCUT2D eigenvalue weighted by Crippen LogP contribution is -1.83. The molecule has 1 aromatic heterocycles. The van der Waals surface area contributed by atoms with Crippen LogP contribution in [0.2, 0.25) is 4.34 Å². The maximum absolute atomic E-state index is 13.5. The highest BCUT2D eigenvalue weighted by molar-refractivity contribution is 9.10. The van der Waals surface area contributed by atoms with E-state index in [4.69, 9.17) is 11.6 Å². The zero-order valence-electron chi connectivity index (χ0n) is 7.72. The van der Waals surface area contributed by atoms with Gasteiger partial charge in [0, 0.05) is 10.0 Å². The van der Waals surface area contributed by atoms with E-state index in [2.05, 4.69) is 20.9 Å². The van der Waals surface area contributed by atoms with E-state index in [1.807, 2.05) is 0 Å². The molecule has 0 aliphatic carbocycles. The van der Waals surface area contributed by atoms with Crippen LogP contribution < -0.4 is 0 Å². The second-order valence-corrected chi connectivity index (χ2v) is 5.52. The van der Waals surface area contributed by atoms with Gasteiger partial charge in [-0.05, 0) is 25.1 Å². The van der Waals surface area contributed by atoms with Crippen molar-refractivity contribution in [1.82, 2.24) is 4.98 Å². The predicted octanol–water partition coefficient (Wildman–Crippen LogP) is 4.67. The first-order valence-electron chi connectivity index (χ1n) is 4.16. The molecule has 0 spiro atoms. The molecule has 0 saturated heterocycles. The minimum absolute atomic E-state index is 0.288. The number of benzene rings is 1. The predicted molar refractivity (Wildman–Crippen MR) is 65.0 cm³/mol. The standard InChI is InChI=1S/C10H6BrClFNS/c1-5-9(12)15-10(14-5)7-4-6(11)2-3-8(7)13/h2-4H,1H3. The SMILES string of the molecule is Cc1nc(-c2cc(Br)ccc2F)sc1Cl. The first-order valence-corrected chi connectivity index (χ1v) is 6.15. The molecule has 0 amide bonds. The molecular formula is C10H6BrClFNS. The zero-order valence-corrected chi connectivity index (χ0v) is 10.9. The van der Waals surface area contributed by atoms with E-state index < -0.39 is 0 Å². The van der Waals surface area contributed by atoms with Crippen molar-refractivity contribution in [2.24, 2.45) is 0 Å². The van der Waals surface area contributed by atoms with E-state index in [0.717, 1.165) is 10.2 Å². The highest BCUT2D eigenvalue weighted by atomic mass is 79.9. The Bertz CT molecular complexity index is 493. The minimum Gasteiger partial charge on any atom is -0.240 e. The van der Waals surface area contributed by atoms with E-state index in [-0.39, 0.29) is 5.82 Å². The van der Waals surface area contributed by atoms with E-state index in [1.54, 1.807) is 19.1 Å². The van der Waals surface area contributed by atoms with Crippen LogP contribution in [0.5, 0.6) is 0 Å². The fourth-order valence-electron chi connectivity index (χ4n) is 1.15. The lowest BCUT2D eigenvalue weighted by molar-refractivity contribution is 0.631. The summed E-state index contributed by atoms with van der Waals surface area (Å²) < 4.78 is 14.9. The molecule has 0 saturated carbocycles. The summed E-state index contributed by atoms with van der Waals surface area (Å²) in [4.78, 5) is 4.21. The van der Waals surface area contributed by atoms with Crippen molar-refractivity contribution in [1.29, 1.82) is 0 Å². The smallest absolute Gasteiger partial charge is 0.133 e. The van der Waals surface area contributed by atoms with Crippen molar-refractivity contribution in [3.05, 3.63) is 38.5 Å². The summed E-state index contributed by atoms with van der Waals surface area (Å²) in [7, 11) is 0. The number of aromatic nitrogens is 1. The van der Waals surface area contributed by atoms with Crippen molar-refractivity contribution < 1.29 is 4.39 Å². The Kier molecular flexibility index (Phi) is 3.09. The van der Waals surface area contributed by atoms with E-state index in [0.29, 0.717) is 14.9 Å². The first kappa shape index (κ1) is 11.0. The number of hydrogen-bond acceptors (Lipinski definition) is 2. The topological polar surface area (TPSA) is 12.9 Å². The Morgan fingerprint density at radius 1 is 1.47 bits per heavy atom. The maximum atomic E-state index is 13.5. The highest BCUT2D eigenvalue weighted by Crippen LogP contribution is 2.33. The fraction of sp³-hybridized carbons (Fsp3) is 0.100. The number of halogens is 3. The summed E-state index contributed by atoms with van der Waals surface area (Å²) in [6, 6.07) is 4.76. The highest BCUT2D eigenvalue weighted by Gasteiger charge is 2.11. The third-order valence-corrected chi connectivity index (χ3v) is 3.88. The largest absolute Gasteiger partial charge is 0.240 e. The second kappa shape index (κ2) is 4.20. The van der Waals surface area contributed by atoms with Crippen molar-refractivity contribution in [2.45, 2.75) is 6.92 Å². The van der Waals surface area contributed by atoms with Gasteiger partial charge in [-0.1, -0.05) is 27.5 Å². The van der Waals surface area contributed by atoms with E-state index >= 15 is 0 Å². The molecule has 78 valence electrons. The molecule has 15 heavy (non-hydrogen) atoms. The van der Waals surface area contributed by atoms with Gasteiger partial charge in [-0.3, -0.25) is 0 Å². The lowest BCUT2D eigenvalue weighted by Gasteiger charge is -1.99. The molecule has 0 fully saturated rings. The number of thiazole rings is 1. The summed E-state index contributed by atoms with van der Waals surface area (Å²) in [5.74, 6) is -0.288. The normalized spacial score (nSPS) is 10.7. The van der Waals surface area contributed by atoms with Crippen molar-refractivity contribution >= 4 is 38.9 Å². The van der Waals surface area contributed by atoms with Gasteiger partial charge in [-0.2, -0.15) is 0 Å². The molecular weight excluding hydrogens is 301 g/mol. The molecule has 0 N–H and O–H groups in total. The molecule has 0 aliphatic rings. The molecule has 0 aliphatic heterocycles. The molecule has 1 heterocycles. The van der Waals surface area contributed by atoms with Crippen molar-refractivity contribution in [3.63, 3.8) is 0 Å². The summed E-state index contributed by atoms with van der Waals surface area (Å²) in [6.45, 7) is 1.80. The average molecular weight is 307 g/mol. The van der Waals surface area contributed by atoms with Crippen LogP contribution >= 0.6 is 38.9 Å². The second-order valence-electron chi connectivity index (χ2n) is 3.00. The Hall–Kier alpha value is -0.450. The molecule has 0 unspecified atom stereocenters. The van der Waals surface area contributed by atoms with Gasteiger partial charge in [0.2, 0.25) is 0 Å². The quantitative estimate of drug-likeness (QED) is 0.746. The Balaban J connectivity index is 2.58. The van der Waals surface area contributed by atoms with Crippen LogP contribution in [-0.4, -0.2) is 4.98 Å².